The van der Waals surface area contributed by atoms with Gasteiger partial charge >= 0.3 is 12.0 Å². The van der Waals surface area contributed by atoms with Gasteiger partial charge < -0.3 is 15.4 Å². The summed E-state index contributed by atoms with van der Waals surface area (Å²) in [7, 11) is 1.26. The number of nitrogens with zero attached hydrogens (tertiary/aromatic N) is 2. The molecule has 0 bridgehead atoms. The average Bonchev–Trinajstić information content (AvgIpc) is 3.55. The summed E-state index contributed by atoms with van der Waals surface area (Å²) < 4.78 is 4.66. The molecule has 33 heavy (non-hydrogen) atoms. The Labute approximate surface area is 197 Å². The number of carbonyl (C=O) groups is 4. The smallest absolute Gasteiger partial charge is 0.357 e. The monoisotopic (exact) mass is 476 g/mol. The summed E-state index contributed by atoms with van der Waals surface area (Å²) in [6, 6.07) is -1.96. The molecule has 0 radical (unpaired) electrons. The Bertz CT molecular complexity index is 891. The third kappa shape index (κ3) is 5.54. The summed E-state index contributed by atoms with van der Waals surface area (Å²) in [5.74, 6) is -0.620. The summed E-state index contributed by atoms with van der Waals surface area (Å²) in [6.07, 6.45) is 10.9. The molecule has 4 amide bonds. The molecule has 2 N–H and O–H groups in total. The van der Waals surface area contributed by atoms with Crippen molar-refractivity contribution in [2.75, 3.05) is 12.4 Å². The molecule has 2 atom stereocenters. The van der Waals surface area contributed by atoms with Crippen molar-refractivity contribution in [2.45, 2.75) is 82.7 Å². The van der Waals surface area contributed by atoms with Crippen molar-refractivity contribution >= 4 is 40.3 Å². The Kier molecular flexibility index (Phi) is 7.62. The first-order valence-electron chi connectivity index (χ1n) is 11.9. The van der Waals surface area contributed by atoms with Crippen LogP contribution in [0.3, 0.4) is 0 Å². The summed E-state index contributed by atoms with van der Waals surface area (Å²) in [5.41, 5.74) is 0.105. The van der Waals surface area contributed by atoms with E-state index in [-0.39, 0.29) is 22.7 Å². The van der Waals surface area contributed by atoms with Crippen LogP contribution in [0.5, 0.6) is 0 Å². The van der Waals surface area contributed by atoms with E-state index in [0.717, 1.165) is 67.6 Å². The number of thiazole rings is 1. The highest BCUT2D eigenvalue weighted by Crippen LogP contribution is 2.33. The van der Waals surface area contributed by atoms with Crippen molar-refractivity contribution in [3.63, 3.8) is 0 Å². The Hall–Kier alpha value is -2.49. The molecule has 9 nitrogen and oxygen atoms in total. The maximum atomic E-state index is 13.3. The van der Waals surface area contributed by atoms with Gasteiger partial charge in [-0.1, -0.05) is 57.8 Å². The van der Waals surface area contributed by atoms with Gasteiger partial charge in [0, 0.05) is 5.38 Å². The van der Waals surface area contributed by atoms with Gasteiger partial charge in [-0.05, 0) is 24.7 Å². The number of imide groups is 1. The van der Waals surface area contributed by atoms with Crippen LogP contribution in [0.15, 0.2) is 5.38 Å². The van der Waals surface area contributed by atoms with Gasteiger partial charge in [-0.3, -0.25) is 9.59 Å². The van der Waals surface area contributed by atoms with Gasteiger partial charge in [-0.15, -0.1) is 11.3 Å². The van der Waals surface area contributed by atoms with Crippen LogP contribution in [0.25, 0.3) is 0 Å². The number of hydrogen-bond acceptors (Lipinski definition) is 7. The Morgan fingerprint density at radius 3 is 2.52 bits per heavy atom. The van der Waals surface area contributed by atoms with Gasteiger partial charge in [0.2, 0.25) is 5.91 Å². The number of hydrogen-bond donors (Lipinski definition) is 2. The molecule has 180 valence electrons. The minimum Gasteiger partial charge on any atom is -0.464 e. The van der Waals surface area contributed by atoms with Crippen LogP contribution in [-0.4, -0.2) is 52.9 Å². The highest BCUT2D eigenvalue weighted by atomic mass is 32.1. The minimum atomic E-state index is -0.903. The predicted molar refractivity (Wildman–Crippen MR) is 123 cm³/mol. The molecule has 0 unspecified atom stereocenters. The van der Waals surface area contributed by atoms with Crippen LogP contribution < -0.4 is 10.6 Å². The van der Waals surface area contributed by atoms with Crippen LogP contribution in [-0.2, 0) is 14.3 Å². The summed E-state index contributed by atoms with van der Waals surface area (Å²) in [5, 5.41) is 7.29. The van der Waals surface area contributed by atoms with Gasteiger partial charge in [-0.25, -0.2) is 19.5 Å². The number of anilines is 1. The van der Waals surface area contributed by atoms with E-state index in [1.165, 1.54) is 18.9 Å². The number of amides is 4. The molecular formula is C23H32N4O5S. The van der Waals surface area contributed by atoms with Crippen LogP contribution in [0, 0.1) is 11.8 Å². The van der Waals surface area contributed by atoms with Crippen molar-refractivity contribution in [1.82, 2.24) is 15.2 Å². The summed E-state index contributed by atoms with van der Waals surface area (Å²) in [4.78, 5) is 56.4. The number of carbonyl (C=O) groups excluding carboxylic acids is 4. The zero-order valence-corrected chi connectivity index (χ0v) is 19.8. The van der Waals surface area contributed by atoms with E-state index in [9.17, 15) is 19.2 Å². The van der Waals surface area contributed by atoms with Crippen LogP contribution in [0.1, 0.15) is 81.1 Å². The third-order valence-corrected chi connectivity index (χ3v) is 7.88. The molecule has 1 aliphatic heterocycles. The van der Waals surface area contributed by atoms with E-state index in [1.54, 1.807) is 0 Å². The van der Waals surface area contributed by atoms with Gasteiger partial charge in [0.15, 0.2) is 10.8 Å². The van der Waals surface area contributed by atoms with E-state index in [0.29, 0.717) is 18.8 Å². The fourth-order valence-corrected chi connectivity index (χ4v) is 6.05. The predicted octanol–water partition coefficient (Wildman–Crippen LogP) is 3.71. The van der Waals surface area contributed by atoms with Crippen LogP contribution >= 0.6 is 11.3 Å². The second-order valence-electron chi connectivity index (χ2n) is 9.37. The number of urea groups is 1. The first-order chi connectivity index (χ1) is 16.0. The molecule has 0 aromatic carbocycles. The second-order valence-corrected chi connectivity index (χ2v) is 10.2. The number of esters is 1. The minimum absolute atomic E-state index is 0.105. The van der Waals surface area contributed by atoms with E-state index in [2.05, 4.69) is 20.4 Å². The number of ether oxygens (including phenoxy) is 1. The molecule has 2 saturated carbocycles. The number of methoxy groups -OCH3 is 1. The molecule has 3 aliphatic rings. The molecule has 1 aromatic rings. The largest absolute Gasteiger partial charge is 0.464 e. The normalized spacial score (nSPS) is 22.9. The molecule has 4 rings (SSSR count). The van der Waals surface area contributed by atoms with E-state index in [1.807, 2.05) is 0 Å². The molecule has 2 heterocycles. The van der Waals surface area contributed by atoms with Crippen LogP contribution in [0.2, 0.25) is 0 Å². The zero-order chi connectivity index (χ0) is 23.4. The molecule has 2 aliphatic carbocycles. The van der Waals surface area contributed by atoms with E-state index in [4.69, 9.17) is 0 Å². The molecule has 10 heteroatoms. The van der Waals surface area contributed by atoms with Crippen molar-refractivity contribution in [3.8, 4) is 0 Å². The highest BCUT2D eigenvalue weighted by molar-refractivity contribution is 7.14. The average molecular weight is 477 g/mol. The standard InChI is InChI=1S/C23H32N4O5S/c1-32-21(30)17-13-33-22(24-17)26-19(28)18(12-15-7-3-2-4-8-15)27-20(29)16(25-23(27)31)11-14-9-5-6-10-14/h13-16,18H,2-12H2,1H3,(H,25,31)(H,24,26,28)/t16-,18-/m0/s1. The lowest BCUT2D eigenvalue weighted by Gasteiger charge is -2.30. The Morgan fingerprint density at radius 1 is 1.15 bits per heavy atom. The summed E-state index contributed by atoms with van der Waals surface area (Å²) >= 11 is 1.10. The number of rotatable bonds is 8. The van der Waals surface area contributed by atoms with Gasteiger partial charge in [-0.2, -0.15) is 0 Å². The molecule has 1 aromatic heterocycles. The molecule has 3 fully saturated rings. The maximum Gasteiger partial charge on any atom is 0.357 e. The van der Waals surface area contributed by atoms with Gasteiger partial charge in [0.1, 0.15) is 12.1 Å². The van der Waals surface area contributed by atoms with Gasteiger partial charge in [0.25, 0.3) is 5.91 Å². The molecule has 1 saturated heterocycles. The van der Waals surface area contributed by atoms with E-state index >= 15 is 0 Å². The number of nitrogens with one attached hydrogen (secondary N) is 2. The van der Waals surface area contributed by atoms with Crippen molar-refractivity contribution < 1.29 is 23.9 Å². The second kappa shape index (κ2) is 10.6. The zero-order valence-electron chi connectivity index (χ0n) is 19.0. The first-order valence-corrected chi connectivity index (χ1v) is 12.8. The lowest BCUT2D eigenvalue weighted by molar-refractivity contribution is -0.134. The van der Waals surface area contributed by atoms with Crippen LogP contribution in [0.4, 0.5) is 9.93 Å². The summed E-state index contributed by atoms with van der Waals surface area (Å²) in [6.45, 7) is 0. The molecule has 0 spiro atoms. The lowest BCUT2D eigenvalue weighted by Crippen LogP contribution is -2.49. The fraction of sp³-hybridized carbons (Fsp3) is 0.696. The Morgan fingerprint density at radius 2 is 1.82 bits per heavy atom. The van der Waals surface area contributed by atoms with Gasteiger partial charge in [0.05, 0.1) is 7.11 Å². The third-order valence-electron chi connectivity index (χ3n) is 7.12. The SMILES string of the molecule is COC(=O)c1csc(NC(=O)[C@H](CC2CCCCC2)N2C(=O)N[C@@H](CC3CCCC3)C2=O)n1. The van der Waals surface area contributed by atoms with Crippen molar-refractivity contribution in [2.24, 2.45) is 11.8 Å². The quantitative estimate of drug-likeness (QED) is 0.436. The first kappa shape index (κ1) is 23.7. The fourth-order valence-electron chi connectivity index (χ4n) is 5.37. The lowest BCUT2D eigenvalue weighted by atomic mass is 9.84. The van der Waals surface area contributed by atoms with Crippen molar-refractivity contribution in [1.29, 1.82) is 0 Å². The van der Waals surface area contributed by atoms with Crippen molar-refractivity contribution in [3.05, 3.63) is 11.1 Å². The topological polar surface area (TPSA) is 118 Å². The van der Waals surface area contributed by atoms with E-state index < -0.39 is 30.0 Å². The molecular weight excluding hydrogens is 444 g/mol. The number of aromatic nitrogens is 1. The maximum absolute atomic E-state index is 13.3. The Balaban J connectivity index is 1.50. The highest BCUT2D eigenvalue weighted by Gasteiger charge is 2.46.